The summed E-state index contributed by atoms with van der Waals surface area (Å²) < 4.78 is 0. The van der Waals surface area contributed by atoms with Crippen molar-refractivity contribution in [2.45, 2.75) is 57.5 Å². The van der Waals surface area contributed by atoms with Crippen LogP contribution in [0, 0.1) is 5.92 Å². The van der Waals surface area contributed by atoms with Crippen LogP contribution in [0.25, 0.3) is 0 Å². The highest BCUT2D eigenvalue weighted by Crippen LogP contribution is 2.24. The Labute approximate surface area is 103 Å². The number of urea groups is 1. The molecule has 2 rings (SSSR count). The standard InChI is InChI=1S/C13H24N2O2/c1-10-4-6-11(7-5-10)14-13(17)15-8-2-3-12(15)9-16/h10-12,16H,2-9H2,1H3,(H,14,17)/t10?,11?,12-/m0/s1. The topological polar surface area (TPSA) is 52.6 Å². The quantitative estimate of drug-likeness (QED) is 0.772. The average molecular weight is 240 g/mol. The second kappa shape index (κ2) is 5.71. The van der Waals surface area contributed by atoms with Gasteiger partial charge in [0.25, 0.3) is 0 Å². The molecule has 2 amide bonds. The molecule has 98 valence electrons. The van der Waals surface area contributed by atoms with Crippen molar-refractivity contribution in [1.82, 2.24) is 10.2 Å². The molecular weight excluding hydrogens is 216 g/mol. The van der Waals surface area contributed by atoms with Crippen LogP contribution in [0.3, 0.4) is 0 Å². The molecule has 0 spiro atoms. The lowest BCUT2D eigenvalue weighted by Gasteiger charge is -2.30. The number of nitrogens with zero attached hydrogens (tertiary/aromatic N) is 1. The van der Waals surface area contributed by atoms with Crippen LogP contribution in [0.4, 0.5) is 4.79 Å². The van der Waals surface area contributed by atoms with Gasteiger partial charge in [0.15, 0.2) is 0 Å². The Morgan fingerprint density at radius 3 is 2.65 bits per heavy atom. The Morgan fingerprint density at radius 1 is 1.29 bits per heavy atom. The first kappa shape index (κ1) is 12.7. The summed E-state index contributed by atoms with van der Waals surface area (Å²) in [6, 6.07) is 0.414. The summed E-state index contributed by atoms with van der Waals surface area (Å²) in [5, 5.41) is 12.3. The number of hydrogen-bond donors (Lipinski definition) is 2. The summed E-state index contributed by atoms with van der Waals surface area (Å²) in [6.07, 6.45) is 6.59. The lowest BCUT2D eigenvalue weighted by molar-refractivity contribution is 0.151. The highest BCUT2D eigenvalue weighted by molar-refractivity contribution is 5.75. The maximum absolute atomic E-state index is 12.1. The van der Waals surface area contributed by atoms with E-state index in [1.165, 1.54) is 12.8 Å². The van der Waals surface area contributed by atoms with E-state index in [-0.39, 0.29) is 18.7 Å². The Kier molecular flexibility index (Phi) is 4.26. The van der Waals surface area contributed by atoms with E-state index in [1.54, 1.807) is 4.90 Å². The van der Waals surface area contributed by atoms with E-state index in [9.17, 15) is 9.90 Å². The van der Waals surface area contributed by atoms with Crippen LogP contribution >= 0.6 is 0 Å². The number of aliphatic hydroxyl groups excluding tert-OH is 1. The number of carbonyl (C=O) groups excluding carboxylic acids is 1. The fourth-order valence-electron chi connectivity index (χ4n) is 2.95. The molecule has 4 nitrogen and oxygen atoms in total. The smallest absolute Gasteiger partial charge is 0.317 e. The Morgan fingerprint density at radius 2 is 2.00 bits per heavy atom. The molecule has 0 bridgehead atoms. The molecular formula is C13H24N2O2. The van der Waals surface area contributed by atoms with Gasteiger partial charge < -0.3 is 15.3 Å². The molecule has 0 aromatic heterocycles. The summed E-state index contributed by atoms with van der Waals surface area (Å²) in [4.78, 5) is 13.9. The number of aliphatic hydroxyl groups is 1. The van der Waals surface area contributed by atoms with Crippen LogP contribution in [-0.2, 0) is 0 Å². The van der Waals surface area contributed by atoms with Crippen molar-refractivity contribution in [3.8, 4) is 0 Å². The lowest BCUT2D eigenvalue weighted by atomic mass is 9.87. The summed E-state index contributed by atoms with van der Waals surface area (Å²) in [6.45, 7) is 3.16. The van der Waals surface area contributed by atoms with E-state index in [1.807, 2.05) is 0 Å². The zero-order chi connectivity index (χ0) is 12.3. The van der Waals surface area contributed by atoms with Crippen LogP contribution in [-0.4, -0.2) is 41.3 Å². The highest BCUT2D eigenvalue weighted by atomic mass is 16.3. The molecule has 4 heteroatoms. The number of rotatable bonds is 2. The number of likely N-dealkylation sites (tertiary alicyclic amines) is 1. The van der Waals surface area contributed by atoms with Crippen molar-refractivity contribution in [3.63, 3.8) is 0 Å². The van der Waals surface area contributed by atoms with Crippen molar-refractivity contribution in [1.29, 1.82) is 0 Å². The largest absolute Gasteiger partial charge is 0.394 e. The van der Waals surface area contributed by atoms with Gasteiger partial charge in [0.1, 0.15) is 0 Å². The van der Waals surface area contributed by atoms with E-state index in [4.69, 9.17) is 0 Å². The number of amides is 2. The Hall–Kier alpha value is -0.770. The molecule has 1 saturated heterocycles. The fraction of sp³-hybridized carbons (Fsp3) is 0.923. The van der Waals surface area contributed by atoms with Crippen LogP contribution in [0.5, 0.6) is 0 Å². The second-order valence-electron chi connectivity index (χ2n) is 5.58. The minimum atomic E-state index is 0.0288. The minimum Gasteiger partial charge on any atom is -0.394 e. The summed E-state index contributed by atoms with van der Waals surface area (Å²) in [7, 11) is 0. The molecule has 0 radical (unpaired) electrons. The van der Waals surface area contributed by atoms with Crippen LogP contribution in [0.1, 0.15) is 45.4 Å². The van der Waals surface area contributed by atoms with E-state index in [0.717, 1.165) is 38.1 Å². The summed E-state index contributed by atoms with van der Waals surface area (Å²) in [5.74, 6) is 0.806. The monoisotopic (exact) mass is 240 g/mol. The molecule has 0 aromatic rings. The fourth-order valence-corrected chi connectivity index (χ4v) is 2.95. The van der Waals surface area contributed by atoms with Crippen molar-refractivity contribution >= 4 is 6.03 Å². The summed E-state index contributed by atoms with van der Waals surface area (Å²) >= 11 is 0. The third-order valence-corrected chi connectivity index (χ3v) is 4.19. The zero-order valence-electron chi connectivity index (χ0n) is 10.7. The summed E-state index contributed by atoms with van der Waals surface area (Å²) in [5.41, 5.74) is 0. The first-order valence-electron chi connectivity index (χ1n) is 6.88. The van der Waals surface area contributed by atoms with Crippen LogP contribution < -0.4 is 5.32 Å². The predicted octanol–water partition coefficient (Wildman–Crippen LogP) is 1.73. The van der Waals surface area contributed by atoms with Gasteiger partial charge in [-0.3, -0.25) is 0 Å². The van der Waals surface area contributed by atoms with Crippen molar-refractivity contribution < 1.29 is 9.90 Å². The molecule has 1 heterocycles. The van der Waals surface area contributed by atoms with Crippen LogP contribution in [0.2, 0.25) is 0 Å². The molecule has 17 heavy (non-hydrogen) atoms. The number of nitrogens with one attached hydrogen (secondary N) is 1. The Bertz CT molecular complexity index is 262. The molecule has 0 aromatic carbocycles. The van der Waals surface area contributed by atoms with Gasteiger partial charge in [-0.2, -0.15) is 0 Å². The minimum absolute atomic E-state index is 0.0288. The highest BCUT2D eigenvalue weighted by Gasteiger charge is 2.29. The second-order valence-corrected chi connectivity index (χ2v) is 5.58. The van der Waals surface area contributed by atoms with Gasteiger partial charge in [-0.15, -0.1) is 0 Å². The van der Waals surface area contributed by atoms with Gasteiger partial charge in [-0.25, -0.2) is 4.79 Å². The molecule has 1 atom stereocenters. The molecule has 2 N–H and O–H groups in total. The maximum atomic E-state index is 12.1. The SMILES string of the molecule is CC1CCC(NC(=O)N2CCC[C@H]2CO)CC1. The normalized spacial score (nSPS) is 33.8. The number of carbonyl (C=O) groups is 1. The predicted molar refractivity (Wildman–Crippen MR) is 66.8 cm³/mol. The van der Waals surface area contributed by atoms with E-state index < -0.39 is 0 Å². The molecule has 0 unspecified atom stereocenters. The van der Waals surface area contributed by atoms with Crippen molar-refractivity contribution in [3.05, 3.63) is 0 Å². The number of hydrogen-bond acceptors (Lipinski definition) is 2. The van der Waals surface area contributed by atoms with E-state index in [2.05, 4.69) is 12.2 Å². The molecule has 1 aliphatic heterocycles. The van der Waals surface area contributed by atoms with Crippen LogP contribution in [0.15, 0.2) is 0 Å². The molecule has 1 aliphatic carbocycles. The van der Waals surface area contributed by atoms with Gasteiger partial charge >= 0.3 is 6.03 Å². The molecule has 2 aliphatic rings. The Balaban J connectivity index is 1.80. The molecule has 1 saturated carbocycles. The lowest BCUT2D eigenvalue weighted by Crippen LogP contribution is -2.48. The molecule has 2 fully saturated rings. The van der Waals surface area contributed by atoms with Gasteiger partial charge in [0, 0.05) is 12.6 Å². The maximum Gasteiger partial charge on any atom is 0.317 e. The third kappa shape index (κ3) is 3.12. The van der Waals surface area contributed by atoms with Gasteiger partial charge in [-0.1, -0.05) is 6.92 Å². The van der Waals surface area contributed by atoms with Gasteiger partial charge in [0.05, 0.1) is 12.6 Å². The van der Waals surface area contributed by atoms with Gasteiger partial charge in [-0.05, 0) is 44.4 Å². The van der Waals surface area contributed by atoms with E-state index in [0.29, 0.717) is 6.04 Å². The first-order chi connectivity index (χ1) is 8.20. The van der Waals surface area contributed by atoms with E-state index >= 15 is 0 Å². The zero-order valence-corrected chi connectivity index (χ0v) is 10.7. The third-order valence-electron chi connectivity index (χ3n) is 4.19. The van der Waals surface area contributed by atoms with Crippen molar-refractivity contribution in [2.75, 3.05) is 13.2 Å². The first-order valence-corrected chi connectivity index (χ1v) is 6.88. The van der Waals surface area contributed by atoms with Gasteiger partial charge in [0.2, 0.25) is 0 Å². The average Bonchev–Trinajstić information content (AvgIpc) is 2.80. The van der Waals surface area contributed by atoms with Crippen molar-refractivity contribution in [2.24, 2.45) is 5.92 Å².